The first-order valence-electron chi connectivity index (χ1n) is 6.66. The van der Waals surface area contributed by atoms with Gasteiger partial charge in [-0.05, 0) is 55.6 Å². The lowest BCUT2D eigenvalue weighted by Gasteiger charge is -2.17. The van der Waals surface area contributed by atoms with Crippen LogP contribution in [0.1, 0.15) is 18.1 Å². The van der Waals surface area contributed by atoms with Crippen molar-refractivity contribution in [3.05, 3.63) is 65.5 Å². The van der Waals surface area contributed by atoms with Gasteiger partial charge >= 0.3 is 7.05 Å². The Kier molecular flexibility index (Phi) is 5.10. The van der Waals surface area contributed by atoms with Crippen molar-refractivity contribution in [2.24, 2.45) is 0 Å². The fourth-order valence-electron chi connectivity index (χ4n) is 2.03. The Hall–Kier alpha value is -1.45. The lowest BCUT2D eigenvalue weighted by molar-refractivity contribution is 0.354. The number of hydrogen-bond acceptors (Lipinski definition) is 2. The van der Waals surface area contributed by atoms with Crippen molar-refractivity contribution in [1.29, 1.82) is 0 Å². The quantitative estimate of drug-likeness (QED) is 0.847. The van der Waals surface area contributed by atoms with Crippen molar-refractivity contribution in [2.45, 2.75) is 13.8 Å². The number of nitrogens with one attached hydrogen (secondary N) is 1. The summed E-state index contributed by atoms with van der Waals surface area (Å²) in [6, 6.07) is 13.9. The maximum absolute atomic E-state index is 6.05. The second kappa shape index (κ2) is 6.82. The Morgan fingerprint density at radius 1 is 1.25 bits per heavy atom. The predicted octanol–water partition coefficient (Wildman–Crippen LogP) is 3.67. The molecule has 0 saturated carbocycles. The Morgan fingerprint density at radius 2 is 2.05 bits per heavy atom. The molecular formula is C16H18BClNO. The second-order valence-electron chi connectivity index (χ2n) is 4.69. The zero-order valence-electron chi connectivity index (χ0n) is 11.8. The summed E-state index contributed by atoms with van der Waals surface area (Å²) in [5.74, 6) is 0. The van der Waals surface area contributed by atoms with E-state index in [2.05, 4.69) is 12.2 Å². The minimum Gasteiger partial charge on any atom is -0.413 e. The van der Waals surface area contributed by atoms with Gasteiger partial charge in [0.15, 0.2) is 0 Å². The minimum absolute atomic E-state index is 0.192. The van der Waals surface area contributed by atoms with E-state index in [9.17, 15) is 0 Å². The summed E-state index contributed by atoms with van der Waals surface area (Å²) in [6.45, 7) is 8.55. The third-order valence-electron chi connectivity index (χ3n) is 3.04. The van der Waals surface area contributed by atoms with E-state index in [1.165, 1.54) is 0 Å². The van der Waals surface area contributed by atoms with E-state index in [1.54, 1.807) is 0 Å². The molecule has 0 unspecified atom stereocenters. The first-order chi connectivity index (χ1) is 9.60. The molecule has 2 aromatic carbocycles. The van der Waals surface area contributed by atoms with Crippen molar-refractivity contribution in [1.82, 2.24) is 0 Å². The molecule has 20 heavy (non-hydrogen) atoms. The maximum Gasteiger partial charge on any atom is 0.449 e. The molecule has 2 nitrogen and oxygen atoms in total. The van der Waals surface area contributed by atoms with Gasteiger partial charge in [-0.15, -0.1) is 0 Å². The molecule has 0 heterocycles. The van der Waals surface area contributed by atoms with Gasteiger partial charge < -0.3 is 9.88 Å². The van der Waals surface area contributed by atoms with Crippen LogP contribution in [-0.4, -0.2) is 13.7 Å². The van der Waals surface area contributed by atoms with Crippen molar-refractivity contribution >= 4 is 29.8 Å². The number of benzene rings is 2. The van der Waals surface area contributed by atoms with Crippen LogP contribution in [0.15, 0.2) is 42.5 Å². The van der Waals surface area contributed by atoms with Crippen molar-refractivity contribution in [3.63, 3.8) is 0 Å². The van der Waals surface area contributed by atoms with Crippen molar-refractivity contribution in [3.8, 4) is 0 Å². The van der Waals surface area contributed by atoms with Crippen LogP contribution in [-0.2, 0) is 4.65 Å². The number of anilines is 1. The molecule has 0 aliphatic carbocycles. The molecule has 1 radical (unpaired) electrons. The lowest BCUT2D eigenvalue weighted by atomic mass is 9.72. The van der Waals surface area contributed by atoms with Crippen molar-refractivity contribution in [2.75, 3.05) is 11.8 Å². The number of aryl methyl sites for hydroxylation is 1. The summed E-state index contributed by atoms with van der Waals surface area (Å²) in [5.41, 5.74) is 4.06. The lowest BCUT2D eigenvalue weighted by Crippen LogP contribution is -2.41. The smallest absolute Gasteiger partial charge is 0.413 e. The fraction of sp³-hybridized carbons (Fsp3) is 0.188. The van der Waals surface area contributed by atoms with E-state index in [-0.39, 0.29) is 7.05 Å². The fourth-order valence-corrected chi connectivity index (χ4v) is 2.15. The Morgan fingerprint density at radius 3 is 2.70 bits per heavy atom. The molecule has 1 N–H and O–H groups in total. The summed E-state index contributed by atoms with van der Waals surface area (Å²) in [6.07, 6.45) is 0. The van der Waals surface area contributed by atoms with Gasteiger partial charge in [0.05, 0.1) is 0 Å². The number of halogens is 1. The highest BCUT2D eigenvalue weighted by molar-refractivity contribution is 6.70. The molecule has 0 aliphatic rings. The molecule has 103 valence electrons. The van der Waals surface area contributed by atoms with Crippen molar-refractivity contribution < 1.29 is 4.65 Å². The highest BCUT2D eigenvalue weighted by Crippen LogP contribution is 2.19. The van der Waals surface area contributed by atoms with E-state index >= 15 is 0 Å². The van der Waals surface area contributed by atoms with Gasteiger partial charge in [-0.25, -0.2) is 0 Å². The van der Waals surface area contributed by atoms with Gasteiger partial charge in [0.2, 0.25) is 0 Å². The van der Waals surface area contributed by atoms with Crippen LogP contribution in [0.5, 0.6) is 0 Å². The molecule has 2 aromatic rings. The zero-order valence-corrected chi connectivity index (χ0v) is 12.6. The Bertz CT molecular complexity index is 588. The molecule has 0 bridgehead atoms. The standard InChI is InChI=1S/C16H18BClNO/c1-4-20-17(14-7-5-6-12(2)10-14)19-15-8-9-16(18)13(3)11-15/h5-11,19H,2,4H2,1,3H3. The molecule has 0 aliphatic heterocycles. The maximum atomic E-state index is 6.05. The molecule has 0 fully saturated rings. The first-order valence-corrected chi connectivity index (χ1v) is 7.04. The van der Waals surface area contributed by atoms with E-state index < -0.39 is 0 Å². The molecule has 0 atom stereocenters. The summed E-state index contributed by atoms with van der Waals surface area (Å²) in [4.78, 5) is 0. The van der Waals surface area contributed by atoms with Crippen LogP contribution in [0.4, 0.5) is 5.69 Å². The summed E-state index contributed by atoms with van der Waals surface area (Å²) in [5, 5.41) is 4.15. The van der Waals surface area contributed by atoms with Gasteiger partial charge in [0.25, 0.3) is 0 Å². The SMILES string of the molecule is [CH2]c1cccc(B(Nc2ccc(Cl)c(C)c2)OCC)c1. The van der Waals surface area contributed by atoms with Crippen LogP contribution >= 0.6 is 11.6 Å². The van der Waals surface area contributed by atoms with Crippen LogP contribution in [0.25, 0.3) is 0 Å². The Labute approximate surface area is 126 Å². The third-order valence-corrected chi connectivity index (χ3v) is 3.47. The molecule has 0 aromatic heterocycles. The highest BCUT2D eigenvalue weighted by Gasteiger charge is 2.19. The van der Waals surface area contributed by atoms with E-state index in [1.807, 2.05) is 56.3 Å². The van der Waals surface area contributed by atoms with Crippen LogP contribution in [0.3, 0.4) is 0 Å². The minimum atomic E-state index is -0.192. The van der Waals surface area contributed by atoms with Crippen LogP contribution in [0.2, 0.25) is 5.02 Å². The molecular weight excluding hydrogens is 268 g/mol. The second-order valence-corrected chi connectivity index (χ2v) is 5.10. The van der Waals surface area contributed by atoms with Crippen LogP contribution in [0, 0.1) is 13.8 Å². The monoisotopic (exact) mass is 286 g/mol. The summed E-state index contributed by atoms with van der Waals surface area (Å²) >= 11 is 6.05. The Balaban J connectivity index is 2.22. The summed E-state index contributed by atoms with van der Waals surface area (Å²) < 4.78 is 5.79. The van der Waals surface area contributed by atoms with Gasteiger partial charge in [-0.2, -0.15) is 0 Å². The van der Waals surface area contributed by atoms with Gasteiger partial charge in [0, 0.05) is 17.3 Å². The molecule has 2 rings (SSSR count). The average molecular weight is 287 g/mol. The predicted molar refractivity (Wildman–Crippen MR) is 87.7 cm³/mol. The van der Waals surface area contributed by atoms with Gasteiger partial charge in [0.1, 0.15) is 0 Å². The van der Waals surface area contributed by atoms with Crippen LogP contribution < -0.4 is 10.7 Å². The topological polar surface area (TPSA) is 21.3 Å². The average Bonchev–Trinajstić information content (AvgIpc) is 2.42. The van der Waals surface area contributed by atoms with E-state index in [0.717, 1.165) is 27.3 Å². The van der Waals surface area contributed by atoms with Gasteiger partial charge in [-0.1, -0.05) is 35.9 Å². The summed E-state index contributed by atoms with van der Waals surface area (Å²) in [7, 11) is -0.192. The third kappa shape index (κ3) is 3.78. The number of hydrogen-bond donors (Lipinski definition) is 1. The van der Waals surface area contributed by atoms with E-state index in [0.29, 0.717) is 6.61 Å². The van der Waals surface area contributed by atoms with Gasteiger partial charge in [-0.3, -0.25) is 0 Å². The van der Waals surface area contributed by atoms with E-state index in [4.69, 9.17) is 16.3 Å². The zero-order chi connectivity index (χ0) is 14.5. The number of rotatable bonds is 5. The molecule has 0 amide bonds. The first kappa shape index (κ1) is 15.0. The molecule has 0 saturated heterocycles. The normalized spacial score (nSPS) is 10.4. The molecule has 4 heteroatoms. The largest absolute Gasteiger partial charge is 0.449 e. The molecule has 0 spiro atoms. The highest BCUT2D eigenvalue weighted by atomic mass is 35.5.